The average Bonchev–Trinajstić information content (AvgIpc) is 2.66. The highest BCUT2D eigenvalue weighted by Gasteiger charge is 2.25. The zero-order valence-electron chi connectivity index (χ0n) is 9.98. The third-order valence-corrected chi connectivity index (χ3v) is 2.84. The molecule has 1 aromatic heterocycles. The number of aliphatic hydroxyl groups excluding tert-OH is 1. The number of aliphatic hydroxyl groups is 1. The van der Waals surface area contributed by atoms with Gasteiger partial charge >= 0.3 is 0 Å². The highest BCUT2D eigenvalue weighted by atomic mass is 35.5. The molecule has 0 aliphatic heterocycles. The first-order valence-electron chi connectivity index (χ1n) is 5.66. The molecule has 2 unspecified atom stereocenters. The van der Waals surface area contributed by atoms with Crippen molar-refractivity contribution in [3.05, 3.63) is 16.9 Å². The molecule has 0 aromatic carbocycles. The van der Waals surface area contributed by atoms with Crippen molar-refractivity contribution < 1.29 is 9.84 Å². The number of aromatic nitrogens is 2. The van der Waals surface area contributed by atoms with Gasteiger partial charge in [-0.25, -0.2) is 0 Å². The molecule has 0 radical (unpaired) electrons. The Labute approximate surface area is 101 Å². The smallest absolute Gasteiger partial charge is 0.123 e. The molecule has 1 aromatic rings. The predicted molar refractivity (Wildman–Crippen MR) is 63.6 cm³/mol. The van der Waals surface area contributed by atoms with Crippen LogP contribution in [-0.4, -0.2) is 27.6 Å². The molecule has 0 aliphatic rings. The van der Waals surface area contributed by atoms with Gasteiger partial charge in [-0.05, 0) is 20.3 Å². The number of rotatable bonds is 6. The normalized spacial score (nSPS) is 15.1. The van der Waals surface area contributed by atoms with E-state index in [2.05, 4.69) is 5.10 Å². The van der Waals surface area contributed by atoms with E-state index in [0.29, 0.717) is 23.9 Å². The van der Waals surface area contributed by atoms with Crippen LogP contribution in [0.1, 0.15) is 39.0 Å². The minimum absolute atomic E-state index is 0.232. The molecule has 0 spiro atoms. The molecular weight excluding hydrogens is 228 g/mol. The molecule has 92 valence electrons. The minimum atomic E-state index is -0.722. The van der Waals surface area contributed by atoms with Crippen molar-refractivity contribution in [1.29, 1.82) is 0 Å². The summed E-state index contributed by atoms with van der Waals surface area (Å²) >= 11 is 6.02. The van der Waals surface area contributed by atoms with Crippen LogP contribution in [0.2, 0.25) is 5.02 Å². The van der Waals surface area contributed by atoms with Crippen LogP contribution in [-0.2, 0) is 11.3 Å². The number of nitrogens with zero attached hydrogens (tertiary/aromatic N) is 2. The van der Waals surface area contributed by atoms with Crippen molar-refractivity contribution >= 4 is 11.6 Å². The van der Waals surface area contributed by atoms with E-state index in [1.54, 1.807) is 10.9 Å². The summed E-state index contributed by atoms with van der Waals surface area (Å²) in [5, 5.41) is 14.8. The van der Waals surface area contributed by atoms with Gasteiger partial charge in [0.05, 0.1) is 23.0 Å². The Bertz CT molecular complexity index is 328. The van der Waals surface area contributed by atoms with Crippen LogP contribution in [0.15, 0.2) is 6.20 Å². The van der Waals surface area contributed by atoms with E-state index in [1.165, 1.54) is 0 Å². The van der Waals surface area contributed by atoms with Gasteiger partial charge in [-0.2, -0.15) is 5.10 Å². The molecule has 5 heteroatoms. The largest absolute Gasteiger partial charge is 0.384 e. The molecule has 0 amide bonds. The molecule has 0 saturated carbocycles. The maximum Gasteiger partial charge on any atom is 0.123 e. The zero-order chi connectivity index (χ0) is 12.1. The molecule has 2 atom stereocenters. The summed E-state index contributed by atoms with van der Waals surface area (Å²) in [5.74, 6) is 0. The number of aryl methyl sites for hydroxylation is 1. The van der Waals surface area contributed by atoms with Crippen molar-refractivity contribution in [2.45, 2.75) is 45.9 Å². The van der Waals surface area contributed by atoms with Gasteiger partial charge < -0.3 is 9.84 Å². The van der Waals surface area contributed by atoms with Gasteiger partial charge in [0.15, 0.2) is 0 Å². The molecule has 16 heavy (non-hydrogen) atoms. The van der Waals surface area contributed by atoms with Crippen LogP contribution in [0.4, 0.5) is 0 Å². The Morgan fingerprint density at radius 2 is 2.19 bits per heavy atom. The fraction of sp³-hybridized carbons (Fsp3) is 0.727. The van der Waals surface area contributed by atoms with Gasteiger partial charge in [-0.1, -0.05) is 18.5 Å². The van der Waals surface area contributed by atoms with E-state index in [4.69, 9.17) is 16.3 Å². The molecule has 0 fully saturated rings. The fourth-order valence-corrected chi connectivity index (χ4v) is 1.99. The Hall–Kier alpha value is -0.580. The first-order chi connectivity index (χ1) is 7.65. The maximum absolute atomic E-state index is 10.2. The summed E-state index contributed by atoms with van der Waals surface area (Å²) in [6.45, 7) is 7.11. The van der Waals surface area contributed by atoms with Gasteiger partial charge in [-0.3, -0.25) is 4.68 Å². The molecule has 4 nitrogen and oxygen atoms in total. The van der Waals surface area contributed by atoms with Crippen molar-refractivity contribution in [2.75, 3.05) is 6.61 Å². The van der Waals surface area contributed by atoms with E-state index >= 15 is 0 Å². The van der Waals surface area contributed by atoms with Crippen LogP contribution in [0.25, 0.3) is 0 Å². The highest BCUT2D eigenvalue weighted by Crippen LogP contribution is 2.27. The standard InChI is InChI=1S/C11H19ClN2O2/c1-4-9(16-6-3)11(15)10-8(12)7-13-14(10)5-2/h7,9,11,15H,4-6H2,1-3H3. The van der Waals surface area contributed by atoms with Crippen molar-refractivity contribution in [1.82, 2.24) is 9.78 Å². The van der Waals surface area contributed by atoms with Crippen molar-refractivity contribution in [3.63, 3.8) is 0 Å². The molecule has 0 saturated heterocycles. The molecule has 0 bridgehead atoms. The summed E-state index contributed by atoms with van der Waals surface area (Å²) in [4.78, 5) is 0. The van der Waals surface area contributed by atoms with Crippen LogP contribution in [0.3, 0.4) is 0 Å². The lowest BCUT2D eigenvalue weighted by molar-refractivity contribution is -0.0390. The second kappa shape index (κ2) is 6.23. The lowest BCUT2D eigenvalue weighted by atomic mass is 10.1. The van der Waals surface area contributed by atoms with E-state index < -0.39 is 6.10 Å². The summed E-state index contributed by atoms with van der Waals surface area (Å²) < 4.78 is 7.18. The van der Waals surface area contributed by atoms with E-state index in [0.717, 1.165) is 6.42 Å². The van der Waals surface area contributed by atoms with Crippen LogP contribution >= 0.6 is 11.6 Å². The summed E-state index contributed by atoms with van der Waals surface area (Å²) in [6, 6.07) is 0. The topological polar surface area (TPSA) is 47.3 Å². The molecule has 1 rings (SSSR count). The summed E-state index contributed by atoms with van der Waals surface area (Å²) in [7, 11) is 0. The second-order valence-electron chi connectivity index (χ2n) is 3.54. The second-order valence-corrected chi connectivity index (χ2v) is 3.95. The zero-order valence-corrected chi connectivity index (χ0v) is 10.7. The van der Waals surface area contributed by atoms with Gasteiger partial charge in [-0.15, -0.1) is 0 Å². The molecule has 1 N–H and O–H groups in total. The summed E-state index contributed by atoms with van der Waals surface area (Å²) in [6.07, 6.45) is 1.34. The first-order valence-corrected chi connectivity index (χ1v) is 6.04. The summed E-state index contributed by atoms with van der Waals surface area (Å²) in [5.41, 5.74) is 0.643. The SMILES string of the molecule is CCOC(CC)C(O)c1c(Cl)cnn1CC. The average molecular weight is 247 g/mol. The van der Waals surface area contributed by atoms with Crippen LogP contribution < -0.4 is 0 Å². The monoisotopic (exact) mass is 246 g/mol. The maximum atomic E-state index is 10.2. The highest BCUT2D eigenvalue weighted by molar-refractivity contribution is 6.31. The van der Waals surface area contributed by atoms with E-state index in [-0.39, 0.29) is 6.10 Å². The molecule has 1 heterocycles. The van der Waals surface area contributed by atoms with Crippen molar-refractivity contribution in [3.8, 4) is 0 Å². The Morgan fingerprint density at radius 1 is 1.50 bits per heavy atom. The minimum Gasteiger partial charge on any atom is -0.384 e. The quantitative estimate of drug-likeness (QED) is 0.839. The van der Waals surface area contributed by atoms with Gasteiger partial charge in [0.25, 0.3) is 0 Å². The third kappa shape index (κ3) is 2.75. The van der Waals surface area contributed by atoms with E-state index in [9.17, 15) is 5.11 Å². The fourth-order valence-electron chi connectivity index (χ4n) is 1.74. The molecule has 0 aliphatic carbocycles. The third-order valence-electron chi connectivity index (χ3n) is 2.55. The lowest BCUT2D eigenvalue weighted by Gasteiger charge is -2.22. The Kier molecular flexibility index (Phi) is 5.25. The number of hydrogen-bond donors (Lipinski definition) is 1. The first kappa shape index (κ1) is 13.5. The Morgan fingerprint density at radius 3 is 2.69 bits per heavy atom. The lowest BCUT2D eigenvalue weighted by Crippen LogP contribution is -2.24. The van der Waals surface area contributed by atoms with Crippen LogP contribution in [0.5, 0.6) is 0 Å². The predicted octanol–water partition coefficient (Wildman–Crippen LogP) is 2.40. The van der Waals surface area contributed by atoms with E-state index in [1.807, 2.05) is 20.8 Å². The van der Waals surface area contributed by atoms with Gasteiger partial charge in [0.1, 0.15) is 6.10 Å². The van der Waals surface area contributed by atoms with Gasteiger partial charge in [0.2, 0.25) is 0 Å². The Balaban J connectivity index is 2.92. The molecular formula is C11H19ClN2O2. The van der Waals surface area contributed by atoms with Crippen LogP contribution in [0, 0.1) is 0 Å². The number of halogens is 1. The number of hydrogen-bond acceptors (Lipinski definition) is 3. The van der Waals surface area contributed by atoms with Crippen molar-refractivity contribution in [2.24, 2.45) is 0 Å². The number of ether oxygens (including phenoxy) is 1. The van der Waals surface area contributed by atoms with Gasteiger partial charge in [0, 0.05) is 13.2 Å².